The second-order valence-electron chi connectivity index (χ2n) is 4.99. The zero-order valence-corrected chi connectivity index (χ0v) is 13.7. The van der Waals surface area contributed by atoms with Crippen molar-refractivity contribution in [3.63, 3.8) is 0 Å². The molecule has 0 aliphatic carbocycles. The molecule has 0 radical (unpaired) electrons. The third kappa shape index (κ3) is 5.34. The topological polar surface area (TPSA) is 50.4 Å². The van der Waals surface area contributed by atoms with Crippen LogP contribution < -0.4 is 15.4 Å². The van der Waals surface area contributed by atoms with Gasteiger partial charge >= 0.3 is 0 Å². The number of halogens is 1. The van der Waals surface area contributed by atoms with Crippen LogP contribution in [0.25, 0.3) is 0 Å². The van der Waals surface area contributed by atoms with Crippen molar-refractivity contribution in [2.24, 2.45) is 0 Å². The molecule has 2 rings (SSSR count). The first-order valence-electron chi connectivity index (χ1n) is 7.22. The van der Waals surface area contributed by atoms with Crippen molar-refractivity contribution >= 4 is 28.9 Å². The monoisotopic (exact) mass is 330 g/mol. The lowest BCUT2D eigenvalue weighted by Crippen LogP contribution is -2.21. The molecule has 0 heterocycles. The van der Waals surface area contributed by atoms with Crippen molar-refractivity contribution in [1.82, 2.24) is 0 Å². The van der Waals surface area contributed by atoms with E-state index in [-0.39, 0.29) is 12.5 Å². The quantitative estimate of drug-likeness (QED) is 0.746. The first-order valence-corrected chi connectivity index (χ1v) is 7.60. The number of hydrogen-bond acceptors (Lipinski definition) is 3. The Hall–Kier alpha value is -2.46. The van der Waals surface area contributed by atoms with Gasteiger partial charge in [-0.25, -0.2) is 0 Å². The third-order valence-corrected chi connectivity index (χ3v) is 3.54. The van der Waals surface area contributed by atoms with Gasteiger partial charge in [-0.15, -0.1) is 0 Å². The number of anilines is 2. The molecule has 23 heavy (non-hydrogen) atoms. The van der Waals surface area contributed by atoms with Gasteiger partial charge in [0.2, 0.25) is 5.91 Å². The molecule has 2 aromatic carbocycles. The maximum atomic E-state index is 11.9. The van der Waals surface area contributed by atoms with Crippen molar-refractivity contribution in [2.75, 3.05) is 23.8 Å². The Balaban J connectivity index is 1.83. The molecule has 0 bridgehead atoms. The molecule has 1 amide bonds. The fraction of sp³-hybridized carbons (Fsp3) is 0.167. The van der Waals surface area contributed by atoms with Crippen LogP contribution in [0.5, 0.6) is 5.75 Å². The fourth-order valence-electron chi connectivity index (χ4n) is 1.88. The third-order valence-electron chi connectivity index (χ3n) is 3.13. The highest BCUT2D eigenvalue weighted by Crippen LogP contribution is 2.20. The predicted molar refractivity (Wildman–Crippen MR) is 95.4 cm³/mol. The smallest absolute Gasteiger partial charge is 0.243 e. The molecular weight excluding hydrogens is 312 g/mol. The van der Waals surface area contributed by atoms with E-state index in [1.54, 1.807) is 12.1 Å². The first-order chi connectivity index (χ1) is 11.1. The molecule has 0 aliphatic heterocycles. The normalized spacial score (nSPS) is 10.0. The molecule has 0 atom stereocenters. The molecule has 2 aromatic rings. The first kappa shape index (κ1) is 16.9. The molecule has 4 nitrogen and oxygen atoms in total. The zero-order valence-electron chi connectivity index (χ0n) is 12.9. The Labute approximate surface area is 141 Å². The summed E-state index contributed by atoms with van der Waals surface area (Å²) >= 11 is 6.04. The van der Waals surface area contributed by atoms with Crippen LogP contribution in [0.3, 0.4) is 0 Å². The van der Waals surface area contributed by atoms with E-state index in [0.29, 0.717) is 17.3 Å². The number of carbonyl (C=O) groups is 1. The standard InChI is InChI=1S/C18H19ClN2O2/c1-3-10-23-16-8-6-14(7-9-16)20-12-18(22)21-15-5-4-13(2)17(19)11-15/h3-9,11,20H,1,10,12H2,2H3,(H,21,22). The van der Waals surface area contributed by atoms with Gasteiger partial charge in [-0.2, -0.15) is 0 Å². The van der Waals surface area contributed by atoms with E-state index >= 15 is 0 Å². The molecule has 2 N–H and O–H groups in total. The summed E-state index contributed by atoms with van der Waals surface area (Å²) in [6.07, 6.45) is 1.69. The van der Waals surface area contributed by atoms with Gasteiger partial charge in [-0.1, -0.05) is 30.3 Å². The van der Waals surface area contributed by atoms with Crippen molar-refractivity contribution in [3.8, 4) is 5.75 Å². The fourth-order valence-corrected chi connectivity index (χ4v) is 2.06. The summed E-state index contributed by atoms with van der Waals surface area (Å²) in [5.41, 5.74) is 2.50. The van der Waals surface area contributed by atoms with Crippen LogP contribution in [0.15, 0.2) is 55.1 Å². The van der Waals surface area contributed by atoms with E-state index in [9.17, 15) is 4.79 Å². The summed E-state index contributed by atoms with van der Waals surface area (Å²) < 4.78 is 5.40. The molecule has 0 aromatic heterocycles. The number of benzene rings is 2. The van der Waals surface area contributed by atoms with Gasteiger partial charge in [0.25, 0.3) is 0 Å². The average molecular weight is 331 g/mol. The van der Waals surface area contributed by atoms with Crippen molar-refractivity contribution in [3.05, 3.63) is 65.7 Å². The minimum atomic E-state index is -0.142. The average Bonchev–Trinajstić information content (AvgIpc) is 2.55. The van der Waals surface area contributed by atoms with Crippen molar-refractivity contribution < 1.29 is 9.53 Å². The van der Waals surface area contributed by atoms with Gasteiger partial charge in [0, 0.05) is 16.4 Å². The summed E-state index contributed by atoms with van der Waals surface area (Å²) in [5, 5.41) is 6.48. The van der Waals surface area contributed by atoms with Crippen LogP contribution in [-0.2, 0) is 4.79 Å². The molecule has 0 spiro atoms. The van der Waals surface area contributed by atoms with Gasteiger partial charge in [0.1, 0.15) is 12.4 Å². The van der Waals surface area contributed by atoms with Crippen molar-refractivity contribution in [1.29, 1.82) is 0 Å². The van der Waals surface area contributed by atoms with E-state index in [0.717, 1.165) is 17.0 Å². The van der Waals surface area contributed by atoms with Crippen LogP contribution >= 0.6 is 11.6 Å². The van der Waals surface area contributed by atoms with E-state index in [2.05, 4.69) is 17.2 Å². The Morgan fingerprint density at radius 1 is 1.22 bits per heavy atom. The number of carbonyl (C=O) groups excluding carboxylic acids is 1. The number of nitrogens with one attached hydrogen (secondary N) is 2. The number of rotatable bonds is 7. The van der Waals surface area contributed by atoms with Crippen LogP contribution in [-0.4, -0.2) is 19.1 Å². The van der Waals surface area contributed by atoms with Crippen LogP contribution in [0.1, 0.15) is 5.56 Å². The number of amides is 1. The SMILES string of the molecule is C=CCOc1ccc(NCC(=O)Nc2ccc(C)c(Cl)c2)cc1. The Bertz CT molecular complexity index is 684. The minimum absolute atomic E-state index is 0.142. The Morgan fingerprint density at radius 3 is 2.57 bits per heavy atom. The van der Waals surface area contributed by atoms with E-state index < -0.39 is 0 Å². The van der Waals surface area contributed by atoms with Gasteiger partial charge in [-0.05, 0) is 48.9 Å². The maximum absolute atomic E-state index is 11.9. The molecule has 0 unspecified atom stereocenters. The van der Waals surface area contributed by atoms with Crippen LogP contribution in [0.2, 0.25) is 5.02 Å². The summed E-state index contributed by atoms with van der Waals surface area (Å²) in [4.78, 5) is 11.9. The maximum Gasteiger partial charge on any atom is 0.243 e. The summed E-state index contributed by atoms with van der Waals surface area (Å²) in [7, 11) is 0. The highest BCUT2D eigenvalue weighted by molar-refractivity contribution is 6.31. The second kappa shape index (κ2) is 8.25. The number of hydrogen-bond donors (Lipinski definition) is 2. The lowest BCUT2D eigenvalue weighted by molar-refractivity contribution is -0.114. The molecule has 0 saturated carbocycles. The second-order valence-corrected chi connectivity index (χ2v) is 5.40. The van der Waals surface area contributed by atoms with E-state index in [4.69, 9.17) is 16.3 Å². The largest absolute Gasteiger partial charge is 0.490 e. The van der Waals surface area contributed by atoms with Crippen molar-refractivity contribution in [2.45, 2.75) is 6.92 Å². The van der Waals surface area contributed by atoms with Gasteiger partial charge < -0.3 is 15.4 Å². The van der Waals surface area contributed by atoms with Crippen LogP contribution in [0, 0.1) is 6.92 Å². The van der Waals surface area contributed by atoms with Gasteiger partial charge in [-0.3, -0.25) is 4.79 Å². The number of aryl methyl sites for hydroxylation is 1. The number of ether oxygens (including phenoxy) is 1. The van der Waals surface area contributed by atoms with Crippen LogP contribution in [0.4, 0.5) is 11.4 Å². The molecule has 5 heteroatoms. The zero-order chi connectivity index (χ0) is 16.7. The molecule has 0 fully saturated rings. The minimum Gasteiger partial charge on any atom is -0.490 e. The lowest BCUT2D eigenvalue weighted by atomic mass is 10.2. The Kier molecular flexibility index (Phi) is 6.06. The molecule has 0 saturated heterocycles. The summed E-state index contributed by atoms with van der Waals surface area (Å²) in [5.74, 6) is 0.617. The van der Waals surface area contributed by atoms with Gasteiger partial charge in [0.15, 0.2) is 0 Å². The van der Waals surface area contributed by atoms with E-state index in [1.807, 2.05) is 43.3 Å². The van der Waals surface area contributed by atoms with Gasteiger partial charge in [0.05, 0.1) is 6.54 Å². The molecule has 120 valence electrons. The summed E-state index contributed by atoms with van der Waals surface area (Å²) in [6.45, 7) is 6.14. The molecular formula is C18H19ClN2O2. The Morgan fingerprint density at radius 2 is 1.91 bits per heavy atom. The molecule has 0 aliphatic rings. The summed E-state index contributed by atoms with van der Waals surface area (Å²) in [6, 6.07) is 12.8. The highest BCUT2D eigenvalue weighted by atomic mass is 35.5. The van der Waals surface area contributed by atoms with E-state index in [1.165, 1.54) is 0 Å². The lowest BCUT2D eigenvalue weighted by Gasteiger charge is -2.09. The highest BCUT2D eigenvalue weighted by Gasteiger charge is 2.04. The predicted octanol–water partition coefficient (Wildman–Crippen LogP) is 4.26.